The summed E-state index contributed by atoms with van der Waals surface area (Å²) in [5, 5.41) is 4.68. The lowest BCUT2D eigenvalue weighted by molar-refractivity contribution is 0.960. The Morgan fingerprint density at radius 3 is 2.89 bits per heavy atom. The minimum absolute atomic E-state index is 0.500. The molecule has 0 N–H and O–H groups in total. The summed E-state index contributed by atoms with van der Waals surface area (Å²) in [6, 6.07) is 9.75. The molecule has 0 atom stereocenters. The van der Waals surface area contributed by atoms with E-state index in [1.807, 2.05) is 35.8 Å². The fourth-order valence-corrected chi connectivity index (χ4v) is 2.30. The molecule has 0 aliphatic carbocycles. The van der Waals surface area contributed by atoms with E-state index in [2.05, 4.69) is 22.7 Å². The lowest BCUT2D eigenvalue weighted by atomic mass is 9.99. The fraction of sp³-hybridized carbons (Fsp3) is 0.0667. The SMILES string of the molecule is C=C(c1ccn2nccc2c1)c1ccc(Cl)nc1C. The molecule has 0 saturated carbocycles. The zero-order valence-electron chi connectivity index (χ0n) is 10.5. The van der Waals surface area contributed by atoms with E-state index in [1.165, 1.54) is 0 Å². The number of rotatable bonds is 2. The molecule has 3 aromatic heterocycles. The van der Waals surface area contributed by atoms with Gasteiger partial charge in [0.05, 0.1) is 5.52 Å². The largest absolute Gasteiger partial charge is 0.241 e. The number of aryl methyl sites for hydroxylation is 1. The summed E-state index contributed by atoms with van der Waals surface area (Å²) in [6.07, 6.45) is 3.70. The molecule has 3 heterocycles. The van der Waals surface area contributed by atoms with Crippen molar-refractivity contribution in [2.45, 2.75) is 6.92 Å². The summed E-state index contributed by atoms with van der Waals surface area (Å²) in [7, 11) is 0. The fourth-order valence-electron chi connectivity index (χ4n) is 2.11. The van der Waals surface area contributed by atoms with Crippen molar-refractivity contribution in [1.29, 1.82) is 0 Å². The summed E-state index contributed by atoms with van der Waals surface area (Å²) >= 11 is 5.88. The average Bonchev–Trinajstić information content (AvgIpc) is 2.85. The van der Waals surface area contributed by atoms with Crippen LogP contribution in [0, 0.1) is 6.92 Å². The van der Waals surface area contributed by atoms with Gasteiger partial charge in [-0.2, -0.15) is 5.10 Å². The van der Waals surface area contributed by atoms with Crippen molar-refractivity contribution in [1.82, 2.24) is 14.6 Å². The highest BCUT2D eigenvalue weighted by Gasteiger charge is 2.08. The second kappa shape index (κ2) is 4.52. The molecule has 19 heavy (non-hydrogen) atoms. The van der Waals surface area contributed by atoms with Crippen LogP contribution < -0.4 is 0 Å². The van der Waals surface area contributed by atoms with Crippen LogP contribution in [0.3, 0.4) is 0 Å². The second-order valence-corrected chi connectivity index (χ2v) is 4.75. The Kier molecular flexibility index (Phi) is 2.84. The first kappa shape index (κ1) is 11.9. The molecule has 0 fully saturated rings. The van der Waals surface area contributed by atoms with Crippen molar-refractivity contribution in [3.63, 3.8) is 0 Å². The summed E-state index contributed by atoms with van der Waals surface area (Å²) in [4.78, 5) is 4.26. The predicted molar refractivity (Wildman–Crippen MR) is 77.3 cm³/mol. The molecule has 94 valence electrons. The van der Waals surface area contributed by atoms with E-state index >= 15 is 0 Å². The third-order valence-electron chi connectivity index (χ3n) is 3.12. The van der Waals surface area contributed by atoms with E-state index in [9.17, 15) is 0 Å². The Balaban J connectivity index is 2.07. The maximum atomic E-state index is 5.88. The van der Waals surface area contributed by atoms with Crippen LogP contribution in [0.5, 0.6) is 0 Å². The summed E-state index contributed by atoms with van der Waals surface area (Å²) in [5.74, 6) is 0. The monoisotopic (exact) mass is 269 g/mol. The molecular formula is C15H12ClN3. The Morgan fingerprint density at radius 1 is 1.26 bits per heavy atom. The molecule has 0 aliphatic heterocycles. The van der Waals surface area contributed by atoms with Crippen molar-refractivity contribution in [3.05, 3.63) is 71.3 Å². The van der Waals surface area contributed by atoms with Gasteiger partial charge < -0.3 is 0 Å². The van der Waals surface area contributed by atoms with E-state index in [4.69, 9.17) is 11.6 Å². The number of nitrogens with zero attached hydrogens (tertiary/aromatic N) is 3. The zero-order valence-corrected chi connectivity index (χ0v) is 11.2. The molecule has 0 aromatic carbocycles. The van der Waals surface area contributed by atoms with Crippen molar-refractivity contribution in [3.8, 4) is 0 Å². The maximum Gasteiger partial charge on any atom is 0.129 e. The van der Waals surface area contributed by atoms with Gasteiger partial charge in [-0.05, 0) is 48.4 Å². The molecule has 0 aliphatic rings. The molecule has 3 aromatic rings. The van der Waals surface area contributed by atoms with Crippen LogP contribution in [0.15, 0.2) is 49.3 Å². The molecule has 3 rings (SSSR count). The van der Waals surface area contributed by atoms with Crippen LogP contribution >= 0.6 is 11.6 Å². The first-order chi connectivity index (χ1) is 9.15. The zero-order chi connectivity index (χ0) is 13.4. The molecule has 0 saturated heterocycles. The predicted octanol–water partition coefficient (Wildman–Crippen LogP) is 3.75. The third-order valence-corrected chi connectivity index (χ3v) is 3.34. The van der Waals surface area contributed by atoms with E-state index in [1.54, 1.807) is 12.3 Å². The molecule has 0 bridgehead atoms. The highest BCUT2D eigenvalue weighted by Crippen LogP contribution is 2.25. The minimum atomic E-state index is 0.500. The second-order valence-electron chi connectivity index (χ2n) is 4.36. The van der Waals surface area contributed by atoms with Crippen LogP contribution in [0.4, 0.5) is 0 Å². The van der Waals surface area contributed by atoms with Gasteiger partial charge in [0, 0.05) is 23.7 Å². The van der Waals surface area contributed by atoms with Crippen molar-refractivity contribution in [2.75, 3.05) is 0 Å². The number of hydrogen-bond donors (Lipinski definition) is 0. The highest BCUT2D eigenvalue weighted by atomic mass is 35.5. The normalized spacial score (nSPS) is 10.8. The van der Waals surface area contributed by atoms with Gasteiger partial charge in [-0.3, -0.25) is 0 Å². The van der Waals surface area contributed by atoms with E-state index < -0.39 is 0 Å². The number of aromatic nitrogens is 3. The number of pyridine rings is 2. The highest BCUT2D eigenvalue weighted by molar-refractivity contribution is 6.29. The van der Waals surface area contributed by atoms with Gasteiger partial charge in [-0.15, -0.1) is 0 Å². The molecule has 0 unspecified atom stereocenters. The van der Waals surface area contributed by atoms with Gasteiger partial charge in [-0.1, -0.05) is 18.2 Å². The third kappa shape index (κ3) is 2.13. The molecule has 4 heteroatoms. The van der Waals surface area contributed by atoms with Gasteiger partial charge in [0.1, 0.15) is 5.15 Å². The van der Waals surface area contributed by atoms with E-state index in [0.29, 0.717) is 5.15 Å². The molecule has 0 spiro atoms. The topological polar surface area (TPSA) is 30.2 Å². The van der Waals surface area contributed by atoms with Gasteiger partial charge in [0.15, 0.2) is 0 Å². The standard InChI is InChI=1S/C15H12ClN3/c1-10(14-3-4-15(16)18-11(14)2)12-6-8-19-13(9-12)5-7-17-19/h3-9H,1H2,2H3. The molecule has 3 nitrogen and oxygen atoms in total. The van der Waals surface area contributed by atoms with Crippen LogP contribution in [-0.4, -0.2) is 14.6 Å². The quantitative estimate of drug-likeness (QED) is 0.663. The van der Waals surface area contributed by atoms with Crippen LogP contribution in [0.1, 0.15) is 16.8 Å². The minimum Gasteiger partial charge on any atom is -0.241 e. The summed E-state index contributed by atoms with van der Waals surface area (Å²) < 4.78 is 1.82. The smallest absolute Gasteiger partial charge is 0.129 e. The average molecular weight is 270 g/mol. The van der Waals surface area contributed by atoms with Crippen LogP contribution in [-0.2, 0) is 0 Å². The lowest BCUT2D eigenvalue weighted by Crippen LogP contribution is -1.95. The van der Waals surface area contributed by atoms with E-state index in [0.717, 1.165) is 27.9 Å². The van der Waals surface area contributed by atoms with Crippen molar-refractivity contribution < 1.29 is 0 Å². The van der Waals surface area contributed by atoms with Gasteiger partial charge in [0.2, 0.25) is 0 Å². The number of halogens is 1. The van der Waals surface area contributed by atoms with Crippen molar-refractivity contribution >= 4 is 22.7 Å². The van der Waals surface area contributed by atoms with Gasteiger partial charge >= 0.3 is 0 Å². The van der Waals surface area contributed by atoms with Crippen molar-refractivity contribution in [2.24, 2.45) is 0 Å². The Labute approximate surface area is 116 Å². The van der Waals surface area contributed by atoms with Gasteiger partial charge in [0.25, 0.3) is 0 Å². The Morgan fingerprint density at radius 2 is 2.11 bits per heavy atom. The van der Waals surface area contributed by atoms with Crippen LogP contribution in [0.2, 0.25) is 5.15 Å². The Hall–Kier alpha value is -2.13. The number of fused-ring (bicyclic) bond motifs is 1. The maximum absolute atomic E-state index is 5.88. The Bertz CT molecular complexity index is 774. The first-order valence-corrected chi connectivity index (χ1v) is 6.29. The van der Waals surface area contributed by atoms with Gasteiger partial charge in [-0.25, -0.2) is 9.50 Å². The lowest BCUT2D eigenvalue weighted by Gasteiger charge is -2.09. The van der Waals surface area contributed by atoms with Crippen LogP contribution in [0.25, 0.3) is 11.1 Å². The summed E-state index contributed by atoms with van der Waals surface area (Å²) in [5.41, 5.74) is 4.92. The molecular weight excluding hydrogens is 258 g/mol. The molecule has 0 radical (unpaired) electrons. The molecule has 0 amide bonds. The summed E-state index contributed by atoms with van der Waals surface area (Å²) in [6.45, 7) is 6.10. The first-order valence-electron chi connectivity index (χ1n) is 5.91. The van der Waals surface area contributed by atoms with E-state index in [-0.39, 0.29) is 0 Å². The number of hydrogen-bond acceptors (Lipinski definition) is 2.